The molecule has 0 saturated carbocycles. The van der Waals surface area contributed by atoms with Gasteiger partial charge >= 0.3 is 0 Å². The lowest BCUT2D eigenvalue weighted by Gasteiger charge is -2.09. The fourth-order valence-electron chi connectivity index (χ4n) is 1.22. The molecule has 2 rings (SSSR count). The minimum absolute atomic E-state index is 0.0583. The van der Waals surface area contributed by atoms with E-state index < -0.39 is 10.0 Å². The van der Waals surface area contributed by atoms with Crippen LogP contribution in [0.25, 0.3) is 0 Å². The van der Waals surface area contributed by atoms with E-state index in [2.05, 4.69) is 14.9 Å². The molecule has 0 saturated heterocycles. The first-order valence-corrected chi connectivity index (χ1v) is 7.55. The number of nitrogen functional groups attached to an aromatic ring is 1. The van der Waals surface area contributed by atoms with Gasteiger partial charge in [0.05, 0.1) is 10.0 Å². The number of halogens is 2. The van der Waals surface area contributed by atoms with Crippen molar-refractivity contribution in [1.82, 2.24) is 10.2 Å². The Morgan fingerprint density at radius 2 is 1.89 bits per heavy atom. The molecule has 96 valence electrons. The fraction of sp³-hybridized carbons (Fsp3) is 0. The van der Waals surface area contributed by atoms with Gasteiger partial charge in [-0.3, -0.25) is 4.72 Å². The van der Waals surface area contributed by atoms with E-state index in [9.17, 15) is 8.42 Å². The third kappa shape index (κ3) is 2.66. The number of aromatic nitrogens is 2. The highest BCUT2D eigenvalue weighted by Gasteiger charge is 2.23. The molecular formula is C8H6Cl2N4O2S2. The minimum Gasteiger partial charge on any atom is -0.399 e. The Morgan fingerprint density at radius 3 is 2.39 bits per heavy atom. The zero-order chi connectivity index (χ0) is 13.3. The third-order valence-corrected chi connectivity index (χ3v) is 4.87. The fourth-order valence-corrected chi connectivity index (χ4v) is 4.15. The van der Waals surface area contributed by atoms with E-state index in [0.29, 0.717) is 0 Å². The molecule has 0 aliphatic heterocycles. The molecule has 0 spiro atoms. The Kier molecular flexibility index (Phi) is 3.62. The average molecular weight is 325 g/mol. The first-order chi connectivity index (χ1) is 8.40. The minimum atomic E-state index is -3.92. The SMILES string of the molecule is Nc1cc(Cl)c(S(=O)(=O)Nc2nncs2)c(Cl)c1. The topological polar surface area (TPSA) is 98.0 Å². The summed E-state index contributed by atoms with van der Waals surface area (Å²) in [5, 5.41) is 7.09. The standard InChI is InChI=1S/C8H6Cl2N4O2S2/c9-5-1-4(11)2-6(10)7(5)18(15,16)14-8-13-12-3-17-8/h1-3H,11H2,(H,13,14). The summed E-state index contributed by atoms with van der Waals surface area (Å²) >= 11 is 12.7. The van der Waals surface area contributed by atoms with Gasteiger partial charge in [0, 0.05) is 5.69 Å². The van der Waals surface area contributed by atoms with E-state index in [1.54, 1.807) is 0 Å². The summed E-state index contributed by atoms with van der Waals surface area (Å²) in [5.74, 6) is 0. The summed E-state index contributed by atoms with van der Waals surface area (Å²) in [6, 6.07) is 2.62. The Hall–Kier alpha value is -1.09. The average Bonchev–Trinajstić information content (AvgIpc) is 2.66. The first-order valence-electron chi connectivity index (χ1n) is 4.43. The zero-order valence-electron chi connectivity index (χ0n) is 8.59. The highest BCUT2D eigenvalue weighted by atomic mass is 35.5. The van der Waals surface area contributed by atoms with Crippen molar-refractivity contribution in [3.63, 3.8) is 0 Å². The molecule has 0 aliphatic rings. The van der Waals surface area contributed by atoms with Crippen LogP contribution in [0.4, 0.5) is 10.8 Å². The van der Waals surface area contributed by atoms with Gasteiger partial charge in [-0.25, -0.2) is 8.42 Å². The molecule has 1 heterocycles. The Balaban J connectivity index is 2.48. The normalized spacial score (nSPS) is 11.4. The molecule has 0 amide bonds. The van der Waals surface area contributed by atoms with Crippen LogP contribution >= 0.6 is 34.5 Å². The van der Waals surface area contributed by atoms with Gasteiger partial charge in [-0.2, -0.15) is 0 Å². The van der Waals surface area contributed by atoms with E-state index in [4.69, 9.17) is 28.9 Å². The molecule has 0 aliphatic carbocycles. The molecule has 0 radical (unpaired) electrons. The zero-order valence-corrected chi connectivity index (χ0v) is 11.7. The Labute approximate surface area is 117 Å². The van der Waals surface area contributed by atoms with Crippen LogP contribution in [0, 0.1) is 0 Å². The van der Waals surface area contributed by atoms with Crippen molar-refractivity contribution in [2.24, 2.45) is 0 Å². The van der Waals surface area contributed by atoms with Crippen LogP contribution in [-0.2, 0) is 10.0 Å². The summed E-state index contributed by atoms with van der Waals surface area (Å²) in [5.41, 5.74) is 7.17. The van der Waals surface area contributed by atoms with Crippen molar-refractivity contribution in [3.8, 4) is 0 Å². The number of nitrogens with one attached hydrogen (secondary N) is 1. The van der Waals surface area contributed by atoms with E-state index in [1.165, 1.54) is 17.6 Å². The van der Waals surface area contributed by atoms with Crippen LogP contribution < -0.4 is 10.5 Å². The van der Waals surface area contributed by atoms with E-state index >= 15 is 0 Å². The maximum Gasteiger partial charge on any atom is 0.266 e. The van der Waals surface area contributed by atoms with Gasteiger partial charge in [-0.05, 0) is 12.1 Å². The molecule has 1 aromatic heterocycles. The van der Waals surface area contributed by atoms with E-state index in [1.807, 2.05) is 0 Å². The van der Waals surface area contributed by atoms with Gasteiger partial charge in [0.2, 0.25) is 5.13 Å². The monoisotopic (exact) mass is 324 g/mol. The molecule has 0 unspecified atom stereocenters. The number of rotatable bonds is 3. The summed E-state index contributed by atoms with van der Waals surface area (Å²) in [7, 11) is -3.92. The lowest BCUT2D eigenvalue weighted by atomic mass is 10.3. The van der Waals surface area contributed by atoms with Crippen molar-refractivity contribution < 1.29 is 8.42 Å². The van der Waals surface area contributed by atoms with E-state index in [0.717, 1.165) is 11.3 Å². The van der Waals surface area contributed by atoms with Crippen LogP contribution in [0.15, 0.2) is 22.5 Å². The highest BCUT2D eigenvalue weighted by Crippen LogP contribution is 2.33. The molecule has 2 aromatic rings. The molecule has 6 nitrogen and oxygen atoms in total. The smallest absolute Gasteiger partial charge is 0.266 e. The molecule has 1 aromatic carbocycles. The predicted octanol–water partition coefficient (Wildman–Crippen LogP) is 2.23. The largest absolute Gasteiger partial charge is 0.399 e. The van der Waals surface area contributed by atoms with Gasteiger partial charge < -0.3 is 5.73 Å². The number of anilines is 2. The summed E-state index contributed by atoms with van der Waals surface area (Å²) in [4.78, 5) is -0.241. The molecular weight excluding hydrogens is 319 g/mol. The number of nitrogens with zero attached hydrogens (tertiary/aromatic N) is 2. The van der Waals surface area contributed by atoms with Gasteiger partial charge in [0.25, 0.3) is 10.0 Å². The van der Waals surface area contributed by atoms with Gasteiger partial charge in [-0.1, -0.05) is 34.5 Å². The Morgan fingerprint density at radius 1 is 1.28 bits per heavy atom. The molecule has 0 bridgehead atoms. The first kappa shape index (κ1) is 13.3. The van der Waals surface area contributed by atoms with Crippen LogP contribution in [0.5, 0.6) is 0 Å². The lowest BCUT2D eigenvalue weighted by molar-refractivity contribution is 0.601. The lowest BCUT2D eigenvalue weighted by Crippen LogP contribution is -2.14. The summed E-state index contributed by atoms with van der Waals surface area (Å²) < 4.78 is 26.4. The van der Waals surface area contributed by atoms with Gasteiger partial charge in [0.15, 0.2) is 0 Å². The molecule has 0 atom stereocenters. The third-order valence-electron chi connectivity index (χ3n) is 1.87. The second-order valence-corrected chi connectivity index (χ2v) is 6.43. The second kappa shape index (κ2) is 4.88. The van der Waals surface area contributed by atoms with Gasteiger partial charge in [-0.15, -0.1) is 10.2 Å². The maximum absolute atomic E-state index is 12.1. The number of nitrogens with two attached hydrogens (primary N) is 1. The van der Waals surface area contributed by atoms with Gasteiger partial charge in [0.1, 0.15) is 10.4 Å². The number of sulfonamides is 1. The molecule has 3 N–H and O–H groups in total. The number of hydrogen-bond donors (Lipinski definition) is 2. The van der Waals surface area contributed by atoms with Crippen LogP contribution in [0.2, 0.25) is 10.0 Å². The van der Waals surface area contributed by atoms with Crippen molar-refractivity contribution in [2.75, 3.05) is 10.5 Å². The predicted molar refractivity (Wildman–Crippen MR) is 71.6 cm³/mol. The second-order valence-electron chi connectivity index (χ2n) is 3.16. The highest BCUT2D eigenvalue weighted by molar-refractivity contribution is 7.93. The molecule has 10 heteroatoms. The quantitative estimate of drug-likeness (QED) is 0.843. The van der Waals surface area contributed by atoms with E-state index in [-0.39, 0.29) is 25.8 Å². The summed E-state index contributed by atoms with van der Waals surface area (Å²) in [6.45, 7) is 0. The van der Waals surface area contributed by atoms with Crippen LogP contribution in [0.3, 0.4) is 0 Å². The van der Waals surface area contributed by atoms with Crippen molar-refractivity contribution in [2.45, 2.75) is 4.90 Å². The number of benzene rings is 1. The van der Waals surface area contributed by atoms with Crippen molar-refractivity contribution in [1.29, 1.82) is 0 Å². The molecule has 0 fully saturated rings. The summed E-state index contributed by atoms with van der Waals surface area (Å²) in [6.07, 6.45) is 0. The Bertz CT molecular complexity index is 649. The molecule has 18 heavy (non-hydrogen) atoms. The maximum atomic E-state index is 12.1. The van der Waals surface area contributed by atoms with Crippen molar-refractivity contribution >= 4 is 55.4 Å². The van der Waals surface area contributed by atoms with Crippen LogP contribution in [0.1, 0.15) is 0 Å². The number of hydrogen-bond acceptors (Lipinski definition) is 6. The van der Waals surface area contributed by atoms with Crippen LogP contribution in [-0.4, -0.2) is 18.6 Å². The van der Waals surface area contributed by atoms with Crippen molar-refractivity contribution in [3.05, 3.63) is 27.7 Å².